The number of hydrogen-bond acceptors (Lipinski definition) is 5. The first kappa shape index (κ1) is 31.0. The molecule has 8 heteroatoms. The Labute approximate surface area is 197 Å². The number of carbonyl (C=O) groups is 4. The zero-order chi connectivity index (χ0) is 25.3. The van der Waals surface area contributed by atoms with Gasteiger partial charge in [-0.3, -0.25) is 14.4 Å². The van der Waals surface area contributed by atoms with Crippen molar-refractivity contribution < 1.29 is 39.6 Å². The van der Waals surface area contributed by atoms with Crippen molar-refractivity contribution in [1.29, 1.82) is 0 Å². The van der Waals surface area contributed by atoms with Crippen LogP contribution in [0.1, 0.15) is 117 Å². The van der Waals surface area contributed by atoms with Gasteiger partial charge in [0.05, 0.1) is 6.42 Å². The Balaban J connectivity index is 5.38. The molecule has 0 rings (SSSR count). The van der Waals surface area contributed by atoms with Gasteiger partial charge in [0.25, 0.3) is 0 Å². The largest absolute Gasteiger partial charge is 0.481 e. The number of ketones is 1. The van der Waals surface area contributed by atoms with Gasteiger partial charge in [-0.05, 0) is 12.8 Å². The molecular formula is C25H44O8. The Bertz CT molecular complexity index is 603. The van der Waals surface area contributed by atoms with Crippen LogP contribution < -0.4 is 0 Å². The summed E-state index contributed by atoms with van der Waals surface area (Å²) >= 11 is 0. The van der Waals surface area contributed by atoms with Crippen molar-refractivity contribution in [3.8, 4) is 0 Å². The highest BCUT2D eigenvalue weighted by Crippen LogP contribution is 2.34. The smallest absolute Gasteiger partial charge is 0.337 e. The number of aliphatic carboxylic acids is 3. The van der Waals surface area contributed by atoms with Gasteiger partial charge in [-0.25, -0.2) is 4.79 Å². The summed E-state index contributed by atoms with van der Waals surface area (Å²) in [4.78, 5) is 48.1. The number of rotatable bonds is 22. The molecule has 0 aliphatic carbocycles. The van der Waals surface area contributed by atoms with Crippen molar-refractivity contribution in [2.24, 2.45) is 11.8 Å². The van der Waals surface area contributed by atoms with Crippen LogP contribution in [0.25, 0.3) is 0 Å². The summed E-state index contributed by atoms with van der Waals surface area (Å²) in [7, 11) is 0. The van der Waals surface area contributed by atoms with Gasteiger partial charge in [0.15, 0.2) is 5.60 Å². The van der Waals surface area contributed by atoms with E-state index in [-0.39, 0.29) is 12.8 Å². The molecule has 0 amide bonds. The van der Waals surface area contributed by atoms with Crippen molar-refractivity contribution in [3.05, 3.63) is 0 Å². The highest BCUT2D eigenvalue weighted by Gasteiger charge is 2.54. The first-order valence-electron chi connectivity index (χ1n) is 12.5. The lowest BCUT2D eigenvalue weighted by Gasteiger charge is -2.33. The Hall–Kier alpha value is -1.96. The Kier molecular flexibility index (Phi) is 16.5. The molecule has 0 aliphatic heterocycles. The van der Waals surface area contributed by atoms with E-state index < -0.39 is 47.5 Å². The van der Waals surface area contributed by atoms with E-state index in [1.807, 2.05) is 0 Å². The van der Waals surface area contributed by atoms with Crippen LogP contribution in [0, 0.1) is 11.8 Å². The van der Waals surface area contributed by atoms with Crippen LogP contribution in [0.2, 0.25) is 0 Å². The van der Waals surface area contributed by atoms with E-state index in [4.69, 9.17) is 5.11 Å². The Morgan fingerprint density at radius 2 is 1.15 bits per heavy atom. The van der Waals surface area contributed by atoms with Gasteiger partial charge < -0.3 is 20.4 Å². The van der Waals surface area contributed by atoms with E-state index in [0.717, 1.165) is 64.2 Å². The molecule has 0 fully saturated rings. The van der Waals surface area contributed by atoms with Crippen molar-refractivity contribution in [1.82, 2.24) is 0 Å². The van der Waals surface area contributed by atoms with Crippen molar-refractivity contribution in [3.63, 3.8) is 0 Å². The second kappa shape index (κ2) is 17.5. The molecule has 4 N–H and O–H groups in total. The zero-order valence-electron chi connectivity index (χ0n) is 20.4. The van der Waals surface area contributed by atoms with Crippen molar-refractivity contribution in [2.75, 3.05) is 0 Å². The molecular weight excluding hydrogens is 428 g/mol. The first-order valence-corrected chi connectivity index (χ1v) is 12.5. The Morgan fingerprint density at radius 3 is 1.58 bits per heavy atom. The van der Waals surface area contributed by atoms with E-state index in [1.165, 1.54) is 6.42 Å². The number of hydrogen-bond donors (Lipinski definition) is 4. The van der Waals surface area contributed by atoms with Crippen LogP contribution in [0.4, 0.5) is 0 Å². The summed E-state index contributed by atoms with van der Waals surface area (Å²) < 4.78 is 0. The quantitative estimate of drug-likeness (QED) is 0.160. The number of carboxylic acids is 3. The number of carboxylic acid groups (broad SMARTS) is 3. The van der Waals surface area contributed by atoms with E-state index in [1.54, 1.807) is 0 Å². The maximum atomic E-state index is 13.0. The van der Waals surface area contributed by atoms with Crippen LogP contribution >= 0.6 is 0 Å². The standard InChI is InChI=1S/C25H44O8/c1-3-5-7-9-10-11-13-14-16-19(20(26)17-15-12-8-6-4-2)22(23(29)30)25(33,24(31)32)18-21(27)28/h19,22,33H,3-18H2,1-2H3,(H,27,28)(H,29,30)(H,31,32). The van der Waals surface area contributed by atoms with Gasteiger partial charge in [-0.15, -0.1) is 0 Å². The monoisotopic (exact) mass is 472 g/mol. The molecule has 0 heterocycles. The fraction of sp³-hybridized carbons (Fsp3) is 0.840. The molecule has 0 radical (unpaired) electrons. The zero-order valence-corrected chi connectivity index (χ0v) is 20.4. The molecule has 3 atom stereocenters. The highest BCUT2D eigenvalue weighted by atomic mass is 16.4. The third-order valence-corrected chi connectivity index (χ3v) is 6.28. The molecule has 33 heavy (non-hydrogen) atoms. The summed E-state index contributed by atoms with van der Waals surface area (Å²) in [6, 6.07) is 0. The van der Waals surface area contributed by atoms with Gasteiger partial charge in [0.1, 0.15) is 11.7 Å². The van der Waals surface area contributed by atoms with Gasteiger partial charge in [0, 0.05) is 12.3 Å². The van der Waals surface area contributed by atoms with Crippen molar-refractivity contribution in [2.45, 2.75) is 122 Å². The average molecular weight is 473 g/mol. The number of aliphatic hydroxyl groups is 1. The third kappa shape index (κ3) is 12.2. The van der Waals surface area contributed by atoms with Gasteiger partial charge in [-0.1, -0.05) is 90.9 Å². The molecule has 0 aliphatic rings. The van der Waals surface area contributed by atoms with Crippen LogP contribution in [0.3, 0.4) is 0 Å². The number of unbranched alkanes of at least 4 members (excludes halogenated alkanes) is 11. The van der Waals surface area contributed by atoms with Crippen LogP contribution in [-0.4, -0.2) is 49.7 Å². The predicted octanol–water partition coefficient (Wildman–Crippen LogP) is 5.05. The average Bonchev–Trinajstić information content (AvgIpc) is 2.73. The lowest BCUT2D eigenvalue weighted by Crippen LogP contribution is -2.55. The second-order valence-corrected chi connectivity index (χ2v) is 9.12. The molecule has 0 aromatic heterocycles. The number of Topliss-reactive ketones (excluding diaryl/α,β-unsaturated/α-hetero) is 1. The fourth-order valence-electron chi connectivity index (χ4n) is 4.36. The first-order chi connectivity index (χ1) is 15.6. The second-order valence-electron chi connectivity index (χ2n) is 9.12. The molecule has 0 saturated carbocycles. The highest BCUT2D eigenvalue weighted by molar-refractivity contribution is 5.94. The minimum absolute atomic E-state index is 0.0952. The van der Waals surface area contributed by atoms with Gasteiger partial charge >= 0.3 is 17.9 Å². The van der Waals surface area contributed by atoms with Crippen LogP contribution in [0.15, 0.2) is 0 Å². The lowest BCUT2D eigenvalue weighted by molar-refractivity contribution is -0.184. The fourth-order valence-corrected chi connectivity index (χ4v) is 4.36. The maximum absolute atomic E-state index is 13.0. The predicted molar refractivity (Wildman–Crippen MR) is 125 cm³/mol. The molecule has 3 unspecified atom stereocenters. The Morgan fingerprint density at radius 1 is 0.697 bits per heavy atom. The minimum Gasteiger partial charge on any atom is -0.481 e. The molecule has 0 bridgehead atoms. The molecule has 192 valence electrons. The maximum Gasteiger partial charge on any atom is 0.337 e. The molecule has 8 nitrogen and oxygen atoms in total. The van der Waals surface area contributed by atoms with Gasteiger partial charge in [0.2, 0.25) is 0 Å². The van der Waals surface area contributed by atoms with E-state index >= 15 is 0 Å². The number of carbonyl (C=O) groups excluding carboxylic acids is 1. The van der Waals surface area contributed by atoms with Crippen LogP contribution in [0.5, 0.6) is 0 Å². The minimum atomic E-state index is -3.06. The summed E-state index contributed by atoms with van der Waals surface area (Å²) in [6.07, 6.45) is 11.2. The summed E-state index contributed by atoms with van der Waals surface area (Å²) in [5.41, 5.74) is -3.06. The molecule has 0 spiro atoms. The summed E-state index contributed by atoms with van der Waals surface area (Å²) in [6.45, 7) is 4.21. The third-order valence-electron chi connectivity index (χ3n) is 6.28. The van der Waals surface area contributed by atoms with Gasteiger partial charge in [-0.2, -0.15) is 0 Å². The topological polar surface area (TPSA) is 149 Å². The van der Waals surface area contributed by atoms with E-state index in [0.29, 0.717) is 12.8 Å². The molecule has 0 aromatic rings. The van der Waals surface area contributed by atoms with Crippen LogP contribution in [-0.2, 0) is 19.2 Å². The summed E-state index contributed by atoms with van der Waals surface area (Å²) in [5.74, 6) is -8.90. The molecule has 0 aromatic carbocycles. The summed E-state index contributed by atoms with van der Waals surface area (Å²) in [5, 5.41) is 39.1. The molecule has 0 saturated heterocycles. The van der Waals surface area contributed by atoms with E-state index in [9.17, 15) is 34.5 Å². The lowest BCUT2D eigenvalue weighted by atomic mass is 9.71. The SMILES string of the molecule is CCCCCCCCCCC(C(=O)CCCCCCC)C(C(=O)O)C(O)(CC(=O)O)C(=O)O. The van der Waals surface area contributed by atoms with Crippen molar-refractivity contribution >= 4 is 23.7 Å². The van der Waals surface area contributed by atoms with E-state index in [2.05, 4.69) is 13.8 Å². The normalized spacial score (nSPS) is 14.9.